The van der Waals surface area contributed by atoms with E-state index in [4.69, 9.17) is 5.73 Å². The van der Waals surface area contributed by atoms with Crippen LogP contribution in [0.2, 0.25) is 0 Å². The number of nitrogens with one attached hydrogen (secondary N) is 1. The molecule has 0 spiro atoms. The lowest BCUT2D eigenvalue weighted by Crippen LogP contribution is -2.35. The molecule has 1 aliphatic carbocycles. The van der Waals surface area contributed by atoms with Crippen molar-refractivity contribution >= 4 is 11.6 Å². The minimum Gasteiger partial charge on any atom is -0.396 e. The molecule has 1 amide bonds. The van der Waals surface area contributed by atoms with Crippen molar-refractivity contribution in [2.45, 2.75) is 39.0 Å². The van der Waals surface area contributed by atoms with Gasteiger partial charge in [-0.2, -0.15) is 0 Å². The van der Waals surface area contributed by atoms with Crippen LogP contribution < -0.4 is 11.1 Å². The maximum Gasteiger partial charge on any atom is 0.251 e. The van der Waals surface area contributed by atoms with Crippen LogP contribution in [0.1, 0.15) is 49.4 Å². The SMILES string of the molecule is CCC1(CNC(=O)c2ccc(N)c(F)c2)CCCC1. The summed E-state index contributed by atoms with van der Waals surface area (Å²) in [5.41, 5.74) is 6.03. The lowest BCUT2D eigenvalue weighted by Gasteiger charge is -2.27. The third-order valence-electron chi connectivity index (χ3n) is 4.30. The highest BCUT2D eigenvalue weighted by atomic mass is 19.1. The summed E-state index contributed by atoms with van der Waals surface area (Å²) < 4.78 is 13.3. The van der Waals surface area contributed by atoms with Gasteiger partial charge in [-0.25, -0.2) is 4.39 Å². The lowest BCUT2D eigenvalue weighted by atomic mass is 9.83. The number of nitrogen functional groups attached to an aromatic ring is 1. The van der Waals surface area contributed by atoms with E-state index in [1.165, 1.54) is 37.8 Å². The summed E-state index contributed by atoms with van der Waals surface area (Å²) in [6.07, 6.45) is 5.88. The average molecular weight is 264 g/mol. The highest BCUT2D eigenvalue weighted by Crippen LogP contribution is 2.40. The van der Waals surface area contributed by atoms with Gasteiger partial charge >= 0.3 is 0 Å². The standard InChI is InChI=1S/C15H21FN2O/c1-2-15(7-3-4-8-15)10-18-14(19)11-5-6-13(17)12(16)9-11/h5-6,9H,2-4,7-8,10,17H2,1H3,(H,18,19). The van der Waals surface area contributed by atoms with Crippen LogP contribution in [0.4, 0.5) is 10.1 Å². The molecule has 0 bridgehead atoms. The highest BCUT2D eigenvalue weighted by Gasteiger charge is 2.32. The molecule has 1 aromatic rings. The third kappa shape index (κ3) is 3.06. The first kappa shape index (κ1) is 13.8. The van der Waals surface area contributed by atoms with E-state index in [2.05, 4.69) is 12.2 Å². The molecule has 1 aromatic carbocycles. The van der Waals surface area contributed by atoms with Crippen molar-refractivity contribution < 1.29 is 9.18 Å². The minimum absolute atomic E-state index is 0.0670. The molecule has 0 atom stereocenters. The number of amides is 1. The molecule has 1 fully saturated rings. The van der Waals surface area contributed by atoms with Crippen LogP contribution in [-0.2, 0) is 0 Å². The van der Waals surface area contributed by atoms with Gasteiger partial charge in [-0.1, -0.05) is 19.8 Å². The van der Waals surface area contributed by atoms with Crippen LogP contribution >= 0.6 is 0 Å². The molecule has 0 heterocycles. The van der Waals surface area contributed by atoms with Crippen LogP contribution in [-0.4, -0.2) is 12.5 Å². The summed E-state index contributed by atoms with van der Waals surface area (Å²) in [7, 11) is 0. The summed E-state index contributed by atoms with van der Waals surface area (Å²) in [6, 6.07) is 4.17. The van der Waals surface area contributed by atoms with Crippen LogP contribution in [0.15, 0.2) is 18.2 Å². The third-order valence-corrected chi connectivity index (χ3v) is 4.30. The van der Waals surface area contributed by atoms with Gasteiger partial charge < -0.3 is 11.1 Å². The van der Waals surface area contributed by atoms with Crippen molar-refractivity contribution in [1.82, 2.24) is 5.32 Å². The second kappa shape index (κ2) is 5.59. The molecule has 3 N–H and O–H groups in total. The van der Waals surface area contributed by atoms with Gasteiger partial charge in [0.05, 0.1) is 5.69 Å². The maximum atomic E-state index is 13.3. The van der Waals surface area contributed by atoms with Crippen molar-refractivity contribution in [2.75, 3.05) is 12.3 Å². The van der Waals surface area contributed by atoms with E-state index in [1.807, 2.05) is 0 Å². The predicted molar refractivity (Wildman–Crippen MR) is 74.3 cm³/mol. The van der Waals surface area contributed by atoms with Gasteiger partial charge in [-0.05, 0) is 42.9 Å². The Morgan fingerprint density at radius 3 is 2.68 bits per heavy atom. The number of hydrogen-bond acceptors (Lipinski definition) is 2. The van der Waals surface area contributed by atoms with E-state index in [-0.39, 0.29) is 17.0 Å². The largest absolute Gasteiger partial charge is 0.396 e. The Morgan fingerprint density at radius 1 is 1.42 bits per heavy atom. The number of hydrogen-bond donors (Lipinski definition) is 2. The van der Waals surface area contributed by atoms with E-state index in [1.54, 1.807) is 6.07 Å². The van der Waals surface area contributed by atoms with Crippen molar-refractivity contribution in [3.05, 3.63) is 29.6 Å². The average Bonchev–Trinajstić information content (AvgIpc) is 2.89. The van der Waals surface area contributed by atoms with E-state index < -0.39 is 5.82 Å². The smallest absolute Gasteiger partial charge is 0.251 e. The summed E-state index contributed by atoms with van der Waals surface area (Å²) >= 11 is 0. The van der Waals surface area contributed by atoms with Crippen LogP contribution in [0.25, 0.3) is 0 Å². The summed E-state index contributed by atoms with van der Waals surface area (Å²) in [6.45, 7) is 2.84. The van der Waals surface area contributed by atoms with Gasteiger partial charge in [0.1, 0.15) is 5.82 Å². The number of carbonyl (C=O) groups is 1. The number of anilines is 1. The topological polar surface area (TPSA) is 55.1 Å². The molecular formula is C15H21FN2O. The van der Waals surface area contributed by atoms with Gasteiger partial charge in [0.25, 0.3) is 5.91 Å². The predicted octanol–water partition coefficient (Wildman–Crippen LogP) is 3.11. The Labute approximate surface area is 113 Å². The molecule has 0 radical (unpaired) electrons. The quantitative estimate of drug-likeness (QED) is 0.821. The fraction of sp³-hybridized carbons (Fsp3) is 0.533. The van der Waals surface area contributed by atoms with Crippen LogP contribution in [0.3, 0.4) is 0 Å². The monoisotopic (exact) mass is 264 g/mol. The van der Waals surface area contributed by atoms with Gasteiger partial charge in [-0.3, -0.25) is 4.79 Å². The van der Waals surface area contributed by atoms with E-state index >= 15 is 0 Å². The second-order valence-corrected chi connectivity index (χ2v) is 5.48. The first-order valence-corrected chi connectivity index (χ1v) is 6.89. The van der Waals surface area contributed by atoms with Crippen molar-refractivity contribution in [3.8, 4) is 0 Å². The molecule has 1 aliphatic rings. The summed E-state index contributed by atoms with van der Waals surface area (Å²) in [5, 5.41) is 2.93. The van der Waals surface area contributed by atoms with Crippen molar-refractivity contribution in [3.63, 3.8) is 0 Å². The van der Waals surface area contributed by atoms with Gasteiger partial charge in [0.15, 0.2) is 0 Å². The maximum absolute atomic E-state index is 13.3. The van der Waals surface area contributed by atoms with Gasteiger partial charge in [0.2, 0.25) is 0 Å². The molecule has 4 heteroatoms. The fourth-order valence-electron chi connectivity index (χ4n) is 2.82. The van der Waals surface area contributed by atoms with E-state index in [0.717, 1.165) is 6.42 Å². The fourth-order valence-corrected chi connectivity index (χ4v) is 2.82. The number of carbonyl (C=O) groups excluding carboxylic acids is 1. The van der Waals surface area contributed by atoms with Crippen molar-refractivity contribution in [1.29, 1.82) is 0 Å². The van der Waals surface area contributed by atoms with Gasteiger partial charge in [-0.15, -0.1) is 0 Å². The molecule has 0 aromatic heterocycles. The molecular weight excluding hydrogens is 243 g/mol. The van der Waals surface area contributed by atoms with E-state index in [0.29, 0.717) is 12.1 Å². The Kier molecular flexibility index (Phi) is 4.08. The molecule has 0 saturated heterocycles. The van der Waals surface area contributed by atoms with Crippen molar-refractivity contribution in [2.24, 2.45) is 5.41 Å². The Balaban J connectivity index is 1.99. The van der Waals surface area contributed by atoms with E-state index in [9.17, 15) is 9.18 Å². The zero-order valence-electron chi connectivity index (χ0n) is 11.3. The minimum atomic E-state index is -0.543. The second-order valence-electron chi connectivity index (χ2n) is 5.48. The first-order valence-electron chi connectivity index (χ1n) is 6.89. The number of nitrogens with two attached hydrogens (primary N) is 1. The zero-order chi connectivity index (χ0) is 13.9. The Bertz CT molecular complexity index is 467. The molecule has 0 aliphatic heterocycles. The first-order chi connectivity index (χ1) is 9.06. The summed E-state index contributed by atoms with van der Waals surface area (Å²) in [4.78, 5) is 12.0. The normalized spacial score (nSPS) is 17.4. The molecule has 1 saturated carbocycles. The summed E-state index contributed by atoms with van der Waals surface area (Å²) in [5.74, 6) is -0.766. The molecule has 104 valence electrons. The Morgan fingerprint density at radius 2 is 2.11 bits per heavy atom. The highest BCUT2D eigenvalue weighted by molar-refractivity contribution is 5.94. The number of halogens is 1. The molecule has 19 heavy (non-hydrogen) atoms. The molecule has 2 rings (SSSR count). The lowest BCUT2D eigenvalue weighted by molar-refractivity contribution is 0.0928. The van der Waals surface area contributed by atoms with Crippen LogP contribution in [0.5, 0.6) is 0 Å². The molecule has 3 nitrogen and oxygen atoms in total. The zero-order valence-corrected chi connectivity index (χ0v) is 11.3. The van der Waals surface area contributed by atoms with Crippen LogP contribution in [0, 0.1) is 11.2 Å². The number of rotatable bonds is 4. The Hall–Kier alpha value is -1.58. The van der Waals surface area contributed by atoms with Gasteiger partial charge in [0, 0.05) is 12.1 Å². The number of benzene rings is 1. The molecule has 0 unspecified atom stereocenters.